The quantitative estimate of drug-likeness (QED) is 0.528. The molecule has 1 aliphatic heterocycles. The summed E-state index contributed by atoms with van der Waals surface area (Å²) < 4.78 is 5.85. The normalized spacial score (nSPS) is 14.6. The maximum Gasteiger partial charge on any atom is 0.303 e. The summed E-state index contributed by atoms with van der Waals surface area (Å²) in [7, 11) is 0. The van der Waals surface area contributed by atoms with Crippen molar-refractivity contribution in [1.29, 1.82) is 0 Å². The molecule has 4 rings (SSSR count). The van der Waals surface area contributed by atoms with Gasteiger partial charge in [0.05, 0.1) is 5.69 Å². The fourth-order valence-corrected chi connectivity index (χ4v) is 4.14. The van der Waals surface area contributed by atoms with Gasteiger partial charge in [-0.25, -0.2) is 9.97 Å². The Bertz CT molecular complexity index is 1090. The number of carbonyl (C=O) groups is 1. The summed E-state index contributed by atoms with van der Waals surface area (Å²) in [5.41, 5.74) is 4.07. The second-order valence-corrected chi connectivity index (χ2v) is 8.67. The first-order chi connectivity index (χ1) is 15.5. The van der Waals surface area contributed by atoms with E-state index in [1.165, 1.54) is 0 Å². The molecule has 0 radical (unpaired) electrons. The monoisotopic (exact) mass is 451 g/mol. The lowest BCUT2D eigenvalue weighted by atomic mass is 10.0. The molecule has 1 unspecified atom stereocenters. The van der Waals surface area contributed by atoms with Crippen molar-refractivity contribution in [3.63, 3.8) is 0 Å². The average molecular weight is 452 g/mol. The molecule has 3 aromatic rings. The standard InChI is InChI=1S/C25H26ClN3O3/c1-17(12-24(30)31)14-29-11-10-23-20(15-29)13-27-25(28-23)18-6-8-21(9-7-18)32-16-19-4-2-3-5-22(19)26/h2-9,13,17H,10-12,14-16H2,1H3,(H,30,31). The Kier molecular flexibility index (Phi) is 7.02. The predicted octanol–water partition coefficient (Wildman–Crippen LogP) is 4.84. The molecule has 166 valence electrons. The Labute approximate surface area is 192 Å². The summed E-state index contributed by atoms with van der Waals surface area (Å²) in [6.07, 6.45) is 2.92. The van der Waals surface area contributed by atoms with Gasteiger partial charge >= 0.3 is 5.97 Å². The molecule has 2 aromatic carbocycles. The fraction of sp³-hybridized carbons (Fsp3) is 0.320. The van der Waals surface area contributed by atoms with Crippen LogP contribution >= 0.6 is 11.6 Å². The Morgan fingerprint density at radius 3 is 2.75 bits per heavy atom. The molecule has 1 aliphatic rings. The smallest absolute Gasteiger partial charge is 0.303 e. The lowest BCUT2D eigenvalue weighted by molar-refractivity contribution is -0.138. The second-order valence-electron chi connectivity index (χ2n) is 8.26. The number of rotatable bonds is 8. The molecule has 2 heterocycles. The van der Waals surface area contributed by atoms with Gasteiger partial charge in [0.2, 0.25) is 0 Å². The number of carboxylic acids is 1. The van der Waals surface area contributed by atoms with Crippen LogP contribution in [0.15, 0.2) is 54.7 Å². The number of hydrogen-bond acceptors (Lipinski definition) is 5. The van der Waals surface area contributed by atoms with Crippen molar-refractivity contribution in [3.05, 3.63) is 76.6 Å². The van der Waals surface area contributed by atoms with Crippen LogP contribution in [0.5, 0.6) is 5.75 Å². The van der Waals surface area contributed by atoms with Crippen LogP contribution in [0.3, 0.4) is 0 Å². The third-order valence-electron chi connectivity index (χ3n) is 5.57. The highest BCUT2D eigenvalue weighted by molar-refractivity contribution is 6.31. The van der Waals surface area contributed by atoms with Gasteiger partial charge in [-0.05, 0) is 36.2 Å². The highest BCUT2D eigenvalue weighted by Gasteiger charge is 2.21. The third-order valence-corrected chi connectivity index (χ3v) is 5.94. The van der Waals surface area contributed by atoms with Crippen molar-refractivity contribution in [2.45, 2.75) is 32.9 Å². The molecule has 0 spiro atoms. The summed E-state index contributed by atoms with van der Waals surface area (Å²) >= 11 is 6.18. The molecule has 1 atom stereocenters. The van der Waals surface area contributed by atoms with Gasteiger partial charge in [0.25, 0.3) is 0 Å². The van der Waals surface area contributed by atoms with Gasteiger partial charge in [-0.3, -0.25) is 9.69 Å². The van der Waals surface area contributed by atoms with Crippen LogP contribution in [-0.4, -0.2) is 39.0 Å². The zero-order valence-corrected chi connectivity index (χ0v) is 18.8. The summed E-state index contributed by atoms with van der Waals surface area (Å²) in [4.78, 5) is 22.5. The topological polar surface area (TPSA) is 75.5 Å². The first kappa shape index (κ1) is 22.2. The van der Waals surface area contributed by atoms with Crippen LogP contribution in [0.2, 0.25) is 5.02 Å². The number of aliphatic carboxylic acids is 1. The maximum atomic E-state index is 10.9. The minimum atomic E-state index is -0.747. The average Bonchev–Trinajstić information content (AvgIpc) is 2.78. The molecule has 0 saturated carbocycles. The van der Waals surface area contributed by atoms with Crippen LogP contribution in [-0.2, 0) is 24.4 Å². The van der Waals surface area contributed by atoms with Crippen molar-refractivity contribution >= 4 is 17.6 Å². The molecule has 0 amide bonds. The lowest BCUT2D eigenvalue weighted by Gasteiger charge is -2.29. The van der Waals surface area contributed by atoms with E-state index in [9.17, 15) is 4.79 Å². The summed E-state index contributed by atoms with van der Waals surface area (Å²) in [6.45, 7) is 4.79. The largest absolute Gasteiger partial charge is 0.489 e. The minimum absolute atomic E-state index is 0.118. The van der Waals surface area contributed by atoms with E-state index in [0.717, 1.165) is 54.2 Å². The van der Waals surface area contributed by atoms with Crippen molar-refractivity contribution in [2.24, 2.45) is 5.92 Å². The van der Waals surface area contributed by atoms with Gasteiger partial charge in [-0.15, -0.1) is 0 Å². The number of nitrogens with zero attached hydrogens (tertiary/aromatic N) is 3. The van der Waals surface area contributed by atoms with E-state index in [-0.39, 0.29) is 12.3 Å². The molecule has 1 aromatic heterocycles. The van der Waals surface area contributed by atoms with E-state index in [1.54, 1.807) is 0 Å². The molecule has 0 saturated heterocycles. The predicted molar refractivity (Wildman–Crippen MR) is 124 cm³/mol. The maximum absolute atomic E-state index is 10.9. The number of ether oxygens (including phenoxy) is 1. The van der Waals surface area contributed by atoms with E-state index < -0.39 is 5.97 Å². The van der Waals surface area contributed by atoms with Crippen molar-refractivity contribution in [2.75, 3.05) is 13.1 Å². The number of benzene rings is 2. The van der Waals surface area contributed by atoms with Crippen molar-refractivity contribution in [1.82, 2.24) is 14.9 Å². The molecular weight excluding hydrogens is 426 g/mol. The van der Waals surface area contributed by atoms with Gasteiger partial charge in [0.1, 0.15) is 12.4 Å². The van der Waals surface area contributed by atoms with Crippen LogP contribution in [0.1, 0.15) is 30.2 Å². The zero-order chi connectivity index (χ0) is 22.5. The fourth-order valence-electron chi connectivity index (χ4n) is 3.95. The lowest BCUT2D eigenvalue weighted by Crippen LogP contribution is -2.35. The summed E-state index contributed by atoms with van der Waals surface area (Å²) in [6, 6.07) is 15.4. The molecule has 0 aliphatic carbocycles. The van der Waals surface area contributed by atoms with E-state index in [0.29, 0.717) is 17.5 Å². The van der Waals surface area contributed by atoms with E-state index in [2.05, 4.69) is 9.88 Å². The first-order valence-electron chi connectivity index (χ1n) is 10.7. The van der Waals surface area contributed by atoms with Crippen LogP contribution in [0, 0.1) is 5.92 Å². The number of aromatic nitrogens is 2. The second kappa shape index (κ2) is 10.1. The van der Waals surface area contributed by atoms with Crippen molar-refractivity contribution in [3.8, 4) is 17.1 Å². The highest BCUT2D eigenvalue weighted by atomic mass is 35.5. The van der Waals surface area contributed by atoms with Gasteiger partial charge in [0.15, 0.2) is 5.82 Å². The molecule has 0 bridgehead atoms. The van der Waals surface area contributed by atoms with E-state index in [1.807, 2.05) is 61.7 Å². The van der Waals surface area contributed by atoms with Crippen LogP contribution in [0.25, 0.3) is 11.4 Å². The molecular formula is C25H26ClN3O3. The number of hydrogen-bond donors (Lipinski definition) is 1. The van der Waals surface area contributed by atoms with Gasteiger partial charge in [0, 0.05) is 60.4 Å². The van der Waals surface area contributed by atoms with E-state index in [4.69, 9.17) is 26.4 Å². The molecule has 1 N–H and O–H groups in total. The third kappa shape index (κ3) is 5.64. The molecule has 7 heteroatoms. The SMILES string of the molecule is CC(CC(=O)O)CN1CCc2nc(-c3ccc(OCc4ccccc4Cl)cc3)ncc2C1. The van der Waals surface area contributed by atoms with Crippen LogP contribution < -0.4 is 4.74 Å². The van der Waals surface area contributed by atoms with Gasteiger partial charge in [-0.1, -0.05) is 36.7 Å². The number of fused-ring (bicyclic) bond motifs is 1. The van der Waals surface area contributed by atoms with Crippen molar-refractivity contribution < 1.29 is 14.6 Å². The first-order valence-corrected chi connectivity index (χ1v) is 11.1. The number of carboxylic acid groups (broad SMARTS) is 1. The molecule has 6 nitrogen and oxygen atoms in total. The van der Waals surface area contributed by atoms with E-state index >= 15 is 0 Å². The van der Waals surface area contributed by atoms with Gasteiger partial charge < -0.3 is 9.84 Å². The Morgan fingerprint density at radius 2 is 2.00 bits per heavy atom. The minimum Gasteiger partial charge on any atom is -0.489 e. The Balaban J connectivity index is 1.38. The molecule has 0 fully saturated rings. The number of halogens is 1. The summed E-state index contributed by atoms with van der Waals surface area (Å²) in [5, 5.41) is 9.66. The molecule has 32 heavy (non-hydrogen) atoms. The summed E-state index contributed by atoms with van der Waals surface area (Å²) in [5.74, 6) is 0.836. The highest BCUT2D eigenvalue weighted by Crippen LogP contribution is 2.24. The Morgan fingerprint density at radius 1 is 1.22 bits per heavy atom. The van der Waals surface area contributed by atoms with Gasteiger partial charge in [-0.2, -0.15) is 0 Å². The Hall–Kier alpha value is -2.96. The zero-order valence-electron chi connectivity index (χ0n) is 18.0. The van der Waals surface area contributed by atoms with Crippen LogP contribution in [0.4, 0.5) is 0 Å².